The molecule has 0 saturated carbocycles. The number of nitrogens with zero attached hydrogens (tertiary/aromatic N) is 2. The van der Waals surface area contributed by atoms with Crippen LogP contribution < -0.4 is 5.32 Å². The number of ether oxygens (including phenoxy) is 1. The van der Waals surface area contributed by atoms with E-state index >= 15 is 0 Å². The lowest BCUT2D eigenvalue weighted by atomic mass is 9.98. The molecule has 1 heterocycles. The van der Waals surface area contributed by atoms with Crippen LogP contribution in [-0.2, 0) is 11.8 Å². The second-order valence-corrected chi connectivity index (χ2v) is 6.65. The van der Waals surface area contributed by atoms with Crippen LogP contribution in [0.4, 0.5) is 4.79 Å². The smallest absolute Gasteiger partial charge is 0.407 e. The molecule has 0 bridgehead atoms. The number of carbonyl (C=O) groups excluding carboxylic acids is 1. The van der Waals surface area contributed by atoms with E-state index in [0.717, 1.165) is 16.7 Å². The number of fused-ring (bicyclic) bond motifs is 3. The molecule has 6 nitrogen and oxygen atoms in total. The van der Waals surface area contributed by atoms with Crippen molar-refractivity contribution in [2.75, 3.05) is 13.2 Å². The largest absolute Gasteiger partial charge is 0.449 e. The average molecular weight is 363 g/mol. The van der Waals surface area contributed by atoms with Gasteiger partial charge in [-0.2, -0.15) is 5.10 Å². The van der Waals surface area contributed by atoms with Crippen molar-refractivity contribution < 1.29 is 14.6 Å². The van der Waals surface area contributed by atoms with Gasteiger partial charge in [0.15, 0.2) is 0 Å². The van der Waals surface area contributed by atoms with Gasteiger partial charge in [-0.05, 0) is 22.3 Å². The topological polar surface area (TPSA) is 76.4 Å². The van der Waals surface area contributed by atoms with Gasteiger partial charge >= 0.3 is 6.09 Å². The summed E-state index contributed by atoms with van der Waals surface area (Å²) in [5, 5.41) is 16.3. The second-order valence-electron chi connectivity index (χ2n) is 6.65. The van der Waals surface area contributed by atoms with Crippen LogP contribution in [0.2, 0.25) is 0 Å². The highest BCUT2D eigenvalue weighted by molar-refractivity contribution is 5.79. The standard InChI is InChI=1S/C21H21N3O3/c1-24-11-14(10-22-24)20(12-25)23-21(26)27-13-19-17-8-4-2-6-15(17)16-7-3-5-9-18(16)19/h2-11,19-20,25H,12-13H2,1H3,(H,23,26). The minimum atomic E-state index is -0.556. The molecule has 1 aromatic heterocycles. The van der Waals surface area contributed by atoms with E-state index in [2.05, 4.69) is 34.7 Å². The Labute approximate surface area is 157 Å². The monoisotopic (exact) mass is 363 g/mol. The first-order valence-electron chi connectivity index (χ1n) is 8.88. The molecule has 1 unspecified atom stereocenters. The van der Waals surface area contributed by atoms with Crippen LogP contribution in [0.15, 0.2) is 60.9 Å². The van der Waals surface area contributed by atoms with E-state index < -0.39 is 12.1 Å². The number of aromatic nitrogens is 2. The molecule has 4 rings (SSSR count). The van der Waals surface area contributed by atoms with Crippen LogP contribution in [0.3, 0.4) is 0 Å². The highest BCUT2D eigenvalue weighted by Crippen LogP contribution is 2.44. The van der Waals surface area contributed by atoms with Crippen molar-refractivity contribution in [1.82, 2.24) is 15.1 Å². The predicted octanol–water partition coefficient (Wildman–Crippen LogP) is 2.99. The number of hydrogen-bond donors (Lipinski definition) is 2. The third kappa shape index (κ3) is 3.31. The summed E-state index contributed by atoms with van der Waals surface area (Å²) in [7, 11) is 1.78. The summed E-state index contributed by atoms with van der Waals surface area (Å²) in [6.45, 7) is 0.0148. The Morgan fingerprint density at radius 2 is 1.81 bits per heavy atom. The number of nitrogens with one attached hydrogen (secondary N) is 1. The molecule has 6 heteroatoms. The van der Waals surface area contributed by atoms with Crippen LogP contribution in [0.1, 0.15) is 28.7 Å². The van der Waals surface area contributed by atoms with Gasteiger partial charge in [-0.25, -0.2) is 4.79 Å². The van der Waals surface area contributed by atoms with Crippen LogP contribution in [0.25, 0.3) is 11.1 Å². The summed E-state index contributed by atoms with van der Waals surface area (Å²) in [6.07, 6.45) is 2.81. The Morgan fingerprint density at radius 3 is 2.37 bits per heavy atom. The fourth-order valence-corrected chi connectivity index (χ4v) is 3.64. The first-order valence-corrected chi connectivity index (χ1v) is 8.88. The van der Waals surface area contributed by atoms with E-state index in [0.29, 0.717) is 0 Å². The van der Waals surface area contributed by atoms with Crippen molar-refractivity contribution in [3.8, 4) is 11.1 Å². The van der Waals surface area contributed by atoms with Crippen LogP contribution in [0, 0.1) is 0 Å². The fraction of sp³-hybridized carbons (Fsp3) is 0.238. The SMILES string of the molecule is Cn1cc(C(CO)NC(=O)OCC2c3ccccc3-c3ccccc32)cn1. The highest BCUT2D eigenvalue weighted by atomic mass is 16.5. The normalized spacial score (nSPS) is 13.7. The molecule has 1 aliphatic carbocycles. The minimum Gasteiger partial charge on any atom is -0.449 e. The van der Waals surface area contributed by atoms with E-state index in [1.165, 1.54) is 11.1 Å². The van der Waals surface area contributed by atoms with Crippen LogP contribution in [-0.4, -0.2) is 34.2 Å². The van der Waals surface area contributed by atoms with Crippen molar-refractivity contribution in [3.63, 3.8) is 0 Å². The molecule has 27 heavy (non-hydrogen) atoms. The maximum absolute atomic E-state index is 12.3. The van der Waals surface area contributed by atoms with Gasteiger partial charge in [0.1, 0.15) is 6.61 Å². The molecule has 1 amide bonds. The number of amides is 1. The number of benzene rings is 2. The Morgan fingerprint density at radius 1 is 1.19 bits per heavy atom. The number of aryl methyl sites for hydroxylation is 1. The van der Waals surface area contributed by atoms with Gasteiger partial charge in [0.05, 0.1) is 18.8 Å². The molecule has 1 atom stereocenters. The summed E-state index contributed by atoms with van der Waals surface area (Å²) < 4.78 is 7.13. The third-order valence-electron chi connectivity index (χ3n) is 4.95. The van der Waals surface area contributed by atoms with E-state index in [4.69, 9.17) is 4.74 Å². The quantitative estimate of drug-likeness (QED) is 0.731. The number of aliphatic hydroxyl groups is 1. The van der Waals surface area contributed by atoms with Crippen molar-refractivity contribution in [2.45, 2.75) is 12.0 Å². The zero-order chi connectivity index (χ0) is 18.8. The third-order valence-corrected chi connectivity index (χ3v) is 4.95. The summed E-state index contributed by atoms with van der Waals surface area (Å²) in [4.78, 5) is 12.3. The van der Waals surface area contributed by atoms with Crippen LogP contribution >= 0.6 is 0 Å². The molecule has 2 aromatic carbocycles. The van der Waals surface area contributed by atoms with Gasteiger partial charge in [-0.15, -0.1) is 0 Å². The molecule has 0 saturated heterocycles. The number of aliphatic hydroxyl groups excluding tert-OH is 1. The lowest BCUT2D eigenvalue weighted by Crippen LogP contribution is -2.32. The average Bonchev–Trinajstić information content (AvgIpc) is 3.26. The molecular weight excluding hydrogens is 342 g/mol. The lowest BCUT2D eigenvalue weighted by Gasteiger charge is -2.17. The van der Waals surface area contributed by atoms with Gasteiger partial charge in [0.25, 0.3) is 0 Å². The summed E-state index contributed by atoms with van der Waals surface area (Å²) in [5.41, 5.74) is 5.43. The summed E-state index contributed by atoms with van der Waals surface area (Å²) >= 11 is 0. The first-order chi connectivity index (χ1) is 13.2. The van der Waals surface area contributed by atoms with Gasteiger partial charge < -0.3 is 15.2 Å². The van der Waals surface area contributed by atoms with E-state index in [-0.39, 0.29) is 19.1 Å². The first kappa shape index (κ1) is 17.3. The molecule has 0 radical (unpaired) electrons. The number of alkyl carbamates (subject to hydrolysis) is 1. The molecule has 3 aromatic rings. The van der Waals surface area contributed by atoms with Crippen molar-refractivity contribution in [1.29, 1.82) is 0 Å². The molecule has 1 aliphatic rings. The number of hydrogen-bond acceptors (Lipinski definition) is 4. The Kier molecular flexibility index (Phi) is 4.64. The molecule has 0 spiro atoms. The summed E-state index contributed by atoms with van der Waals surface area (Å²) in [5.74, 6) is 0.00844. The van der Waals surface area contributed by atoms with Crippen molar-refractivity contribution in [3.05, 3.63) is 77.6 Å². The molecular formula is C21H21N3O3. The zero-order valence-corrected chi connectivity index (χ0v) is 15.0. The maximum Gasteiger partial charge on any atom is 0.407 e. The van der Waals surface area contributed by atoms with Crippen molar-refractivity contribution in [2.24, 2.45) is 7.05 Å². The second kappa shape index (κ2) is 7.25. The molecule has 138 valence electrons. The van der Waals surface area contributed by atoms with Crippen LogP contribution in [0.5, 0.6) is 0 Å². The predicted molar refractivity (Wildman–Crippen MR) is 101 cm³/mol. The maximum atomic E-state index is 12.3. The Bertz CT molecular complexity index is 921. The zero-order valence-electron chi connectivity index (χ0n) is 15.0. The van der Waals surface area contributed by atoms with Crippen molar-refractivity contribution >= 4 is 6.09 Å². The van der Waals surface area contributed by atoms with Gasteiger partial charge in [0.2, 0.25) is 0 Å². The minimum absolute atomic E-state index is 0.00844. The molecule has 0 aliphatic heterocycles. The van der Waals surface area contributed by atoms with Gasteiger partial charge in [-0.3, -0.25) is 4.68 Å². The van der Waals surface area contributed by atoms with Gasteiger partial charge in [0, 0.05) is 24.7 Å². The lowest BCUT2D eigenvalue weighted by molar-refractivity contribution is 0.132. The Hall–Kier alpha value is -3.12. The Balaban J connectivity index is 1.46. The highest BCUT2D eigenvalue weighted by Gasteiger charge is 2.29. The molecule has 0 fully saturated rings. The fourth-order valence-electron chi connectivity index (χ4n) is 3.64. The van der Waals surface area contributed by atoms with E-state index in [1.54, 1.807) is 24.1 Å². The summed E-state index contributed by atoms with van der Waals surface area (Å²) in [6, 6.07) is 15.8. The number of carbonyl (C=O) groups is 1. The molecule has 2 N–H and O–H groups in total. The number of rotatable bonds is 5. The van der Waals surface area contributed by atoms with Gasteiger partial charge in [-0.1, -0.05) is 48.5 Å². The van der Waals surface area contributed by atoms with E-state index in [9.17, 15) is 9.90 Å². The van der Waals surface area contributed by atoms with E-state index in [1.807, 2.05) is 24.3 Å².